The van der Waals surface area contributed by atoms with Crippen molar-refractivity contribution in [3.05, 3.63) is 34.3 Å². The molecule has 8 heteroatoms. The molecule has 1 saturated heterocycles. The highest BCUT2D eigenvalue weighted by atomic mass is 127. The second kappa shape index (κ2) is 10.4. The van der Waals surface area contributed by atoms with Crippen molar-refractivity contribution in [2.45, 2.75) is 44.2 Å². The molecular weight excluding hydrogens is 545 g/mol. The Hall–Kier alpha value is -0.870. The van der Waals surface area contributed by atoms with Crippen molar-refractivity contribution < 1.29 is 4.79 Å². The van der Waals surface area contributed by atoms with Crippen LogP contribution in [0, 0.1) is 0 Å². The van der Waals surface area contributed by atoms with Crippen LogP contribution in [-0.4, -0.2) is 73.0 Å². The van der Waals surface area contributed by atoms with E-state index in [4.69, 9.17) is 4.99 Å². The molecule has 3 aliphatic rings. The first-order chi connectivity index (χ1) is 13.6. The van der Waals surface area contributed by atoms with Crippen LogP contribution in [0.5, 0.6) is 0 Å². The summed E-state index contributed by atoms with van der Waals surface area (Å²) in [4.78, 5) is 21.3. The van der Waals surface area contributed by atoms with Crippen LogP contribution in [0.25, 0.3) is 0 Å². The van der Waals surface area contributed by atoms with Gasteiger partial charge in [0.2, 0.25) is 5.91 Å². The van der Waals surface area contributed by atoms with E-state index in [1.54, 1.807) is 0 Å². The molecule has 160 valence electrons. The minimum atomic E-state index is 0. The van der Waals surface area contributed by atoms with Crippen molar-refractivity contribution in [1.29, 1.82) is 0 Å². The average Bonchev–Trinajstić information content (AvgIpc) is 3.60. The Morgan fingerprint density at radius 3 is 2.45 bits per heavy atom. The molecular formula is C21H31BrIN5O. The lowest BCUT2D eigenvalue weighted by molar-refractivity contribution is -0.122. The van der Waals surface area contributed by atoms with Crippen LogP contribution in [-0.2, 0) is 4.79 Å². The van der Waals surface area contributed by atoms with E-state index in [-0.39, 0.29) is 29.9 Å². The molecule has 2 atom stereocenters. The zero-order valence-corrected chi connectivity index (χ0v) is 20.9. The summed E-state index contributed by atoms with van der Waals surface area (Å²) in [6, 6.07) is 9.55. The summed E-state index contributed by atoms with van der Waals surface area (Å²) in [5.74, 6) is 1.77. The van der Waals surface area contributed by atoms with Crippen LogP contribution < -0.4 is 10.6 Å². The Morgan fingerprint density at radius 1 is 1.14 bits per heavy atom. The number of carbonyl (C=O) groups is 1. The summed E-state index contributed by atoms with van der Waals surface area (Å²) in [5, 5.41) is 6.76. The molecule has 29 heavy (non-hydrogen) atoms. The molecule has 0 bridgehead atoms. The number of halogens is 2. The van der Waals surface area contributed by atoms with Crippen molar-refractivity contribution in [2.75, 3.05) is 39.3 Å². The van der Waals surface area contributed by atoms with E-state index >= 15 is 0 Å². The number of aliphatic imine (C=N–C) groups is 1. The maximum Gasteiger partial charge on any atom is 0.234 e. The molecule has 2 aliphatic carbocycles. The van der Waals surface area contributed by atoms with Gasteiger partial charge < -0.3 is 15.5 Å². The van der Waals surface area contributed by atoms with E-state index < -0.39 is 0 Å². The zero-order valence-electron chi connectivity index (χ0n) is 16.9. The fraction of sp³-hybridized carbons (Fsp3) is 0.619. The Labute approximate surface area is 199 Å². The van der Waals surface area contributed by atoms with E-state index in [1.807, 2.05) is 0 Å². The lowest BCUT2D eigenvalue weighted by Gasteiger charge is -2.36. The topological polar surface area (TPSA) is 60.0 Å². The fourth-order valence-corrected chi connectivity index (χ4v) is 4.07. The highest BCUT2D eigenvalue weighted by Crippen LogP contribution is 2.41. The number of guanidine groups is 1. The Balaban J connectivity index is 0.00000240. The van der Waals surface area contributed by atoms with Gasteiger partial charge >= 0.3 is 0 Å². The summed E-state index contributed by atoms with van der Waals surface area (Å²) in [6.45, 7) is 7.02. The molecule has 2 saturated carbocycles. The van der Waals surface area contributed by atoms with Crippen LogP contribution >= 0.6 is 39.9 Å². The van der Waals surface area contributed by atoms with E-state index in [2.05, 4.69) is 67.6 Å². The van der Waals surface area contributed by atoms with Crippen molar-refractivity contribution in [2.24, 2.45) is 4.99 Å². The maximum absolute atomic E-state index is 12.0. The number of piperazine rings is 1. The maximum atomic E-state index is 12.0. The van der Waals surface area contributed by atoms with E-state index in [0.717, 1.165) is 62.4 Å². The van der Waals surface area contributed by atoms with Crippen LogP contribution in [0.1, 0.15) is 37.7 Å². The van der Waals surface area contributed by atoms with Gasteiger partial charge in [-0.2, -0.15) is 0 Å². The van der Waals surface area contributed by atoms with Gasteiger partial charge in [-0.05, 0) is 43.9 Å². The van der Waals surface area contributed by atoms with E-state index in [0.29, 0.717) is 24.5 Å². The quantitative estimate of drug-likeness (QED) is 0.311. The monoisotopic (exact) mass is 575 g/mol. The van der Waals surface area contributed by atoms with Gasteiger partial charge in [0, 0.05) is 55.2 Å². The highest BCUT2D eigenvalue weighted by Gasteiger charge is 2.39. The standard InChI is InChI=1S/C21H30BrN5O.HI/c1-2-23-21(25-19-13-18(19)15-3-5-16(22)6-4-15)27-11-9-26(10-12-27)14-20(28)24-17-7-8-17;/h3-6,17-19H,2,7-14H2,1H3,(H,23,25)(H,24,28);1H. The summed E-state index contributed by atoms with van der Waals surface area (Å²) in [7, 11) is 0. The third-order valence-corrected chi connectivity index (χ3v) is 6.22. The van der Waals surface area contributed by atoms with Gasteiger partial charge in [0.25, 0.3) is 0 Å². The third-order valence-electron chi connectivity index (χ3n) is 5.69. The largest absolute Gasteiger partial charge is 0.353 e. The van der Waals surface area contributed by atoms with Crippen molar-refractivity contribution in [3.8, 4) is 0 Å². The predicted octanol–water partition coefficient (Wildman–Crippen LogP) is 2.78. The Kier molecular flexibility index (Phi) is 8.21. The van der Waals surface area contributed by atoms with Gasteiger partial charge in [-0.1, -0.05) is 28.1 Å². The first-order valence-electron chi connectivity index (χ1n) is 10.5. The van der Waals surface area contributed by atoms with E-state index in [9.17, 15) is 4.79 Å². The molecule has 6 nitrogen and oxygen atoms in total. The van der Waals surface area contributed by atoms with Crippen molar-refractivity contribution in [3.63, 3.8) is 0 Å². The van der Waals surface area contributed by atoms with E-state index in [1.165, 1.54) is 5.56 Å². The lowest BCUT2D eigenvalue weighted by Crippen LogP contribution is -2.54. The number of hydrogen-bond acceptors (Lipinski definition) is 3. The number of amides is 1. The third kappa shape index (κ3) is 6.55. The molecule has 4 rings (SSSR count). The molecule has 2 N–H and O–H groups in total. The molecule has 1 amide bonds. The minimum absolute atomic E-state index is 0. The van der Waals surface area contributed by atoms with Gasteiger partial charge in [-0.25, -0.2) is 0 Å². The molecule has 0 aromatic heterocycles. The lowest BCUT2D eigenvalue weighted by atomic mass is 10.1. The molecule has 0 radical (unpaired) electrons. The van der Waals surface area contributed by atoms with Crippen molar-refractivity contribution in [1.82, 2.24) is 20.4 Å². The van der Waals surface area contributed by atoms with Crippen LogP contribution in [0.3, 0.4) is 0 Å². The number of rotatable bonds is 6. The molecule has 1 aliphatic heterocycles. The normalized spacial score (nSPS) is 24.6. The summed E-state index contributed by atoms with van der Waals surface area (Å²) in [5.41, 5.74) is 1.39. The summed E-state index contributed by atoms with van der Waals surface area (Å²) >= 11 is 3.51. The molecule has 1 heterocycles. The Bertz CT molecular complexity index is 716. The van der Waals surface area contributed by atoms with Gasteiger partial charge in [-0.15, -0.1) is 24.0 Å². The van der Waals surface area contributed by atoms with Crippen LogP contribution in [0.15, 0.2) is 33.7 Å². The van der Waals surface area contributed by atoms with Crippen LogP contribution in [0.2, 0.25) is 0 Å². The Morgan fingerprint density at radius 2 is 1.83 bits per heavy atom. The van der Waals surface area contributed by atoms with Gasteiger partial charge in [0.1, 0.15) is 0 Å². The number of carbonyl (C=O) groups excluding carboxylic acids is 1. The van der Waals surface area contributed by atoms with Crippen LogP contribution in [0.4, 0.5) is 0 Å². The summed E-state index contributed by atoms with van der Waals surface area (Å²) < 4.78 is 1.12. The second-order valence-electron chi connectivity index (χ2n) is 8.05. The summed E-state index contributed by atoms with van der Waals surface area (Å²) in [6.07, 6.45) is 3.44. The molecule has 1 aromatic carbocycles. The number of nitrogens with zero attached hydrogens (tertiary/aromatic N) is 3. The van der Waals surface area contributed by atoms with Gasteiger partial charge in [-0.3, -0.25) is 14.7 Å². The smallest absolute Gasteiger partial charge is 0.234 e. The minimum Gasteiger partial charge on any atom is -0.353 e. The van der Waals surface area contributed by atoms with Gasteiger partial charge in [0.05, 0.1) is 6.54 Å². The van der Waals surface area contributed by atoms with Crippen molar-refractivity contribution >= 4 is 51.8 Å². The second-order valence-corrected chi connectivity index (χ2v) is 8.96. The number of benzene rings is 1. The predicted molar refractivity (Wildman–Crippen MR) is 131 cm³/mol. The molecule has 2 unspecified atom stereocenters. The first kappa shape index (κ1) is 22.8. The molecule has 1 aromatic rings. The average molecular weight is 576 g/mol. The first-order valence-corrected chi connectivity index (χ1v) is 11.2. The highest BCUT2D eigenvalue weighted by molar-refractivity contribution is 14.0. The molecule has 3 fully saturated rings. The molecule has 0 spiro atoms. The number of hydrogen-bond donors (Lipinski definition) is 2. The fourth-order valence-electron chi connectivity index (χ4n) is 3.81. The number of nitrogens with one attached hydrogen (secondary N) is 2. The zero-order chi connectivity index (χ0) is 19.5. The van der Waals surface area contributed by atoms with Gasteiger partial charge in [0.15, 0.2) is 5.96 Å². The SMILES string of the molecule is CCN=C(NC1CC1c1ccc(Br)cc1)N1CCN(CC(=O)NC2CC2)CC1.I.